The number of carbonyl (C=O) groups excluding carboxylic acids is 1. The lowest BCUT2D eigenvalue weighted by Gasteiger charge is -2.14. The van der Waals surface area contributed by atoms with E-state index in [0.717, 1.165) is 25.7 Å². The van der Waals surface area contributed by atoms with E-state index in [9.17, 15) is 4.79 Å². The molecule has 4 aromatic rings. The van der Waals surface area contributed by atoms with Gasteiger partial charge < -0.3 is 0 Å². The first-order chi connectivity index (χ1) is 12.3. The molecule has 0 amide bonds. The summed E-state index contributed by atoms with van der Waals surface area (Å²) in [4.78, 5) is 17.8. The Balaban J connectivity index is 1.71. The maximum atomic E-state index is 13.1. The minimum atomic E-state index is -0.302. The van der Waals surface area contributed by atoms with Crippen molar-refractivity contribution >= 4 is 39.1 Å². The summed E-state index contributed by atoms with van der Waals surface area (Å²) in [6, 6.07) is 27.5. The highest BCUT2D eigenvalue weighted by Gasteiger charge is 2.24. The first kappa shape index (κ1) is 16.1. The monoisotopic (exact) mass is 361 g/mol. The van der Waals surface area contributed by atoms with Crippen molar-refractivity contribution < 1.29 is 4.79 Å². The highest BCUT2D eigenvalue weighted by molar-refractivity contribution is 8.02. The van der Waals surface area contributed by atoms with Crippen LogP contribution in [0.15, 0.2) is 89.3 Å². The van der Waals surface area contributed by atoms with Crippen LogP contribution in [0.25, 0.3) is 10.2 Å². The Labute approximate surface area is 154 Å². The number of aromatic nitrogens is 1. The molecule has 4 rings (SSSR count). The number of ketones is 1. The van der Waals surface area contributed by atoms with Gasteiger partial charge >= 0.3 is 0 Å². The number of carbonyl (C=O) groups is 1. The van der Waals surface area contributed by atoms with Gasteiger partial charge in [0.2, 0.25) is 0 Å². The average Bonchev–Trinajstić information content (AvgIpc) is 3.09. The molecule has 0 aliphatic carbocycles. The normalized spacial score (nSPS) is 12.2. The second-order valence-corrected chi connectivity index (χ2v) is 7.97. The summed E-state index contributed by atoms with van der Waals surface area (Å²) in [5.41, 5.74) is 2.71. The number of thioether (sulfide) groups is 1. The summed E-state index contributed by atoms with van der Waals surface area (Å²) in [6.45, 7) is 0. The van der Waals surface area contributed by atoms with E-state index in [4.69, 9.17) is 0 Å². The van der Waals surface area contributed by atoms with Crippen LogP contribution in [0.2, 0.25) is 0 Å². The largest absolute Gasteiger partial charge is 0.293 e. The van der Waals surface area contributed by atoms with Crippen LogP contribution in [0.4, 0.5) is 0 Å². The second-order valence-electron chi connectivity index (χ2n) is 5.59. The van der Waals surface area contributed by atoms with Gasteiger partial charge in [-0.2, -0.15) is 0 Å². The lowest BCUT2D eigenvalue weighted by molar-refractivity contribution is 0.0989. The van der Waals surface area contributed by atoms with Crippen LogP contribution < -0.4 is 0 Å². The van der Waals surface area contributed by atoms with E-state index in [0.29, 0.717) is 0 Å². The molecule has 0 radical (unpaired) electrons. The van der Waals surface area contributed by atoms with Crippen molar-refractivity contribution in [3.8, 4) is 0 Å². The molecule has 1 unspecified atom stereocenters. The van der Waals surface area contributed by atoms with Gasteiger partial charge in [0.1, 0.15) is 0 Å². The van der Waals surface area contributed by atoms with Crippen LogP contribution >= 0.6 is 23.1 Å². The van der Waals surface area contributed by atoms with Gasteiger partial charge in [-0.05, 0) is 17.7 Å². The fourth-order valence-corrected chi connectivity index (χ4v) is 4.99. The summed E-state index contributed by atoms with van der Waals surface area (Å²) < 4.78 is 2.06. The van der Waals surface area contributed by atoms with Gasteiger partial charge in [-0.25, -0.2) is 4.98 Å². The molecule has 2 nitrogen and oxygen atoms in total. The third-order valence-electron chi connectivity index (χ3n) is 3.89. The van der Waals surface area contributed by atoms with E-state index in [1.807, 2.05) is 78.9 Å². The van der Waals surface area contributed by atoms with E-state index in [-0.39, 0.29) is 11.0 Å². The van der Waals surface area contributed by atoms with Crippen molar-refractivity contribution in [2.45, 2.75) is 9.59 Å². The Morgan fingerprint density at radius 3 is 2.20 bits per heavy atom. The van der Waals surface area contributed by atoms with Crippen molar-refractivity contribution in [3.05, 3.63) is 96.1 Å². The van der Waals surface area contributed by atoms with Gasteiger partial charge in [0.25, 0.3) is 0 Å². The molecular weight excluding hydrogens is 346 g/mol. The molecule has 0 bridgehead atoms. The Morgan fingerprint density at radius 1 is 0.840 bits per heavy atom. The van der Waals surface area contributed by atoms with Gasteiger partial charge in [-0.15, -0.1) is 11.3 Å². The second kappa shape index (κ2) is 7.21. The fraction of sp³-hybridized carbons (Fsp3) is 0.0476. The number of nitrogens with zero attached hydrogens (tertiary/aromatic N) is 1. The molecule has 0 aliphatic rings. The lowest BCUT2D eigenvalue weighted by atomic mass is 10.0. The first-order valence-corrected chi connectivity index (χ1v) is 9.67. The Morgan fingerprint density at radius 2 is 1.48 bits per heavy atom. The molecule has 3 aromatic carbocycles. The van der Waals surface area contributed by atoms with Gasteiger partial charge in [0, 0.05) is 5.56 Å². The lowest BCUT2D eigenvalue weighted by Crippen LogP contribution is -2.09. The van der Waals surface area contributed by atoms with E-state index in [1.54, 1.807) is 11.3 Å². The minimum Gasteiger partial charge on any atom is -0.293 e. The quantitative estimate of drug-likeness (QED) is 0.322. The Kier molecular flexibility index (Phi) is 4.63. The Bertz CT molecular complexity index is 963. The van der Waals surface area contributed by atoms with E-state index in [1.165, 1.54) is 11.8 Å². The predicted octanol–water partition coefficient (Wildman–Crippen LogP) is 6.01. The highest BCUT2D eigenvalue weighted by atomic mass is 32.2. The standard InChI is InChI=1S/C21H15NOS2/c23-19(15-9-3-1-4-10-15)20(16-11-5-2-6-12-16)25-21-22-17-13-7-8-14-18(17)24-21/h1-14,20H. The summed E-state index contributed by atoms with van der Waals surface area (Å²) in [7, 11) is 0. The van der Waals surface area contributed by atoms with Crippen molar-refractivity contribution in [1.82, 2.24) is 4.98 Å². The minimum absolute atomic E-state index is 0.107. The molecular formula is C21H15NOS2. The zero-order valence-electron chi connectivity index (χ0n) is 13.3. The van der Waals surface area contributed by atoms with Crippen LogP contribution in [0.1, 0.15) is 21.2 Å². The molecule has 0 spiro atoms. The molecule has 0 saturated carbocycles. The summed E-state index contributed by atoms with van der Waals surface area (Å²) in [5.74, 6) is 0.107. The van der Waals surface area contributed by atoms with Gasteiger partial charge in [0.15, 0.2) is 10.1 Å². The number of benzene rings is 3. The zero-order chi connectivity index (χ0) is 17.1. The summed E-state index contributed by atoms with van der Waals surface area (Å²) in [6.07, 6.45) is 0. The van der Waals surface area contributed by atoms with Crippen LogP contribution in [0.3, 0.4) is 0 Å². The SMILES string of the molecule is O=C(c1ccccc1)C(Sc1nc2ccccc2s1)c1ccccc1. The van der Waals surface area contributed by atoms with E-state index in [2.05, 4.69) is 11.1 Å². The molecule has 1 aromatic heterocycles. The summed E-state index contributed by atoms with van der Waals surface area (Å²) in [5, 5.41) is -0.302. The smallest absolute Gasteiger partial charge is 0.180 e. The number of rotatable bonds is 5. The van der Waals surface area contributed by atoms with Crippen molar-refractivity contribution in [2.24, 2.45) is 0 Å². The fourth-order valence-electron chi connectivity index (χ4n) is 2.66. The number of thiazole rings is 1. The van der Waals surface area contributed by atoms with Crippen LogP contribution in [-0.2, 0) is 0 Å². The number of hydrogen-bond donors (Lipinski definition) is 0. The molecule has 122 valence electrons. The third-order valence-corrected chi connectivity index (χ3v) is 6.28. The average molecular weight is 361 g/mol. The molecule has 4 heteroatoms. The van der Waals surface area contributed by atoms with Gasteiger partial charge in [0.05, 0.1) is 15.5 Å². The topological polar surface area (TPSA) is 30.0 Å². The van der Waals surface area contributed by atoms with Crippen LogP contribution in [0.5, 0.6) is 0 Å². The van der Waals surface area contributed by atoms with Crippen LogP contribution in [0, 0.1) is 0 Å². The highest BCUT2D eigenvalue weighted by Crippen LogP contribution is 2.40. The maximum absolute atomic E-state index is 13.1. The molecule has 1 atom stereocenters. The predicted molar refractivity (Wildman–Crippen MR) is 105 cm³/mol. The molecule has 1 heterocycles. The maximum Gasteiger partial charge on any atom is 0.180 e. The molecule has 0 N–H and O–H groups in total. The van der Waals surface area contributed by atoms with E-state index >= 15 is 0 Å². The van der Waals surface area contributed by atoms with Gasteiger partial charge in [-0.1, -0.05) is 84.6 Å². The first-order valence-electron chi connectivity index (χ1n) is 7.98. The van der Waals surface area contributed by atoms with Crippen molar-refractivity contribution in [2.75, 3.05) is 0 Å². The van der Waals surface area contributed by atoms with E-state index < -0.39 is 0 Å². The molecule has 25 heavy (non-hydrogen) atoms. The number of Topliss-reactive ketones (excluding diaryl/α,β-unsaturated/α-hetero) is 1. The zero-order valence-corrected chi connectivity index (χ0v) is 15.0. The van der Waals surface area contributed by atoms with Gasteiger partial charge in [-0.3, -0.25) is 4.79 Å². The van der Waals surface area contributed by atoms with Crippen LogP contribution in [-0.4, -0.2) is 10.8 Å². The number of fused-ring (bicyclic) bond motifs is 1. The van der Waals surface area contributed by atoms with Crippen molar-refractivity contribution in [1.29, 1.82) is 0 Å². The summed E-state index contributed by atoms with van der Waals surface area (Å²) >= 11 is 3.16. The number of para-hydroxylation sites is 1. The third kappa shape index (κ3) is 3.50. The molecule has 0 aliphatic heterocycles. The Hall–Kier alpha value is -2.43. The van der Waals surface area contributed by atoms with Crippen molar-refractivity contribution in [3.63, 3.8) is 0 Å². The number of hydrogen-bond acceptors (Lipinski definition) is 4. The molecule has 0 fully saturated rings. The molecule has 0 saturated heterocycles.